The molecule has 1 aliphatic heterocycles. The number of likely N-dealkylation sites (tertiary alicyclic amines) is 1. The molecule has 0 bridgehead atoms. The maximum absolute atomic E-state index is 12.5. The number of hydrogen-bond acceptors (Lipinski definition) is 5. The van der Waals surface area contributed by atoms with Crippen molar-refractivity contribution < 1.29 is 36.2 Å². The zero-order chi connectivity index (χ0) is 17.0. The zero-order valence-corrected chi connectivity index (χ0v) is 19.8. The number of amides is 1. The van der Waals surface area contributed by atoms with Gasteiger partial charge in [-0.05, 0) is 0 Å². The van der Waals surface area contributed by atoms with Crippen LogP contribution in [0.25, 0.3) is 0 Å². The molecule has 3 atom stereocenters. The van der Waals surface area contributed by atoms with Crippen molar-refractivity contribution in [2.45, 2.75) is 31.0 Å². The van der Waals surface area contributed by atoms with Gasteiger partial charge in [-0.15, -0.1) is 0 Å². The standard InChI is InChI=1S/C15H18N2O3S.ClH.Hg/c1-9(2)12(17-13(18)11(16)14(17)21)15(19)20-8-10-6-4-3-5-7-10;;/h3-7,11-12,14,21H,1,8,16H2,2H3;1H;/q;;+2/p-2. The van der Waals surface area contributed by atoms with E-state index in [0.717, 1.165) is 5.56 Å². The fourth-order valence-corrected chi connectivity index (χ4v) is 12.4. The Bertz CT molecular complexity index is 602. The normalized spacial score (nSPS) is 21.2. The summed E-state index contributed by atoms with van der Waals surface area (Å²) in [4.78, 5) is 26.0. The van der Waals surface area contributed by atoms with Gasteiger partial charge in [0.25, 0.3) is 0 Å². The van der Waals surface area contributed by atoms with E-state index in [9.17, 15) is 9.59 Å². The van der Waals surface area contributed by atoms with Crippen molar-refractivity contribution in [3.05, 3.63) is 48.0 Å². The zero-order valence-electron chi connectivity index (χ0n) is 12.8. The summed E-state index contributed by atoms with van der Waals surface area (Å²) >= 11 is -1.58. The van der Waals surface area contributed by atoms with E-state index in [1.165, 1.54) is 13.1 Å². The Morgan fingerprint density at radius 1 is 1.52 bits per heavy atom. The number of nitrogens with two attached hydrogens (primary N) is 1. The molecule has 2 N–H and O–H groups in total. The second-order valence-electron chi connectivity index (χ2n) is 5.28. The summed E-state index contributed by atoms with van der Waals surface area (Å²) in [6.07, 6.45) is 0. The molecule has 1 fully saturated rings. The summed E-state index contributed by atoms with van der Waals surface area (Å²) in [6, 6.07) is 7.98. The Morgan fingerprint density at radius 3 is 2.74 bits per heavy atom. The molecule has 1 aromatic carbocycles. The molecule has 3 unspecified atom stereocenters. The third kappa shape index (κ3) is 4.29. The van der Waals surface area contributed by atoms with E-state index in [2.05, 4.69) is 6.58 Å². The quantitative estimate of drug-likeness (QED) is 0.248. The molecule has 5 nitrogen and oxygen atoms in total. The minimum atomic E-state index is -1.58. The molecule has 1 aromatic rings. The predicted octanol–water partition coefficient (Wildman–Crippen LogP) is 2.05. The number of halogens is 1. The number of carbonyl (C=O) groups excluding carboxylic acids is 2. The van der Waals surface area contributed by atoms with E-state index in [0.29, 0.717) is 5.57 Å². The fraction of sp³-hybridized carbons (Fsp3) is 0.333. The van der Waals surface area contributed by atoms with Crippen molar-refractivity contribution in [3.8, 4) is 0 Å². The Balaban J connectivity index is 2.07. The first kappa shape index (κ1) is 18.8. The number of esters is 1. The Kier molecular flexibility index (Phi) is 6.94. The van der Waals surface area contributed by atoms with Gasteiger partial charge in [-0.2, -0.15) is 0 Å². The molecular weight excluding hydrogens is 524 g/mol. The van der Waals surface area contributed by atoms with Gasteiger partial charge in [0, 0.05) is 0 Å². The van der Waals surface area contributed by atoms with E-state index in [-0.39, 0.29) is 17.9 Å². The first-order valence-corrected chi connectivity index (χ1v) is 21.6. The van der Waals surface area contributed by atoms with Crippen LogP contribution in [0.3, 0.4) is 0 Å². The van der Waals surface area contributed by atoms with E-state index in [1.807, 2.05) is 30.3 Å². The van der Waals surface area contributed by atoms with Crippen LogP contribution in [0, 0.1) is 0 Å². The number of β-lactam (4-membered cyclic amide) rings is 1. The van der Waals surface area contributed by atoms with Crippen molar-refractivity contribution >= 4 is 28.4 Å². The van der Waals surface area contributed by atoms with Crippen LogP contribution in [-0.2, 0) is 42.8 Å². The molecule has 1 amide bonds. The van der Waals surface area contributed by atoms with Gasteiger partial charge in [-0.25, -0.2) is 0 Å². The first-order valence-electron chi connectivity index (χ1n) is 7.08. The SMILES string of the molecule is C=C(C)C(C(=O)OCc1ccccc1)N1C(=O)C(N)C1[S][Hg][Cl]. The average Bonchev–Trinajstić information content (AvgIpc) is 2.56. The van der Waals surface area contributed by atoms with Crippen molar-refractivity contribution in [2.24, 2.45) is 5.73 Å². The number of ether oxygens (including phenoxy) is 1. The molecule has 0 saturated carbocycles. The van der Waals surface area contributed by atoms with E-state index in [1.54, 1.807) is 6.92 Å². The third-order valence-corrected chi connectivity index (χ3v) is 13.3. The second-order valence-corrected chi connectivity index (χ2v) is 18.5. The molecule has 0 spiro atoms. The summed E-state index contributed by atoms with van der Waals surface area (Å²) in [6.45, 7) is 5.69. The summed E-state index contributed by atoms with van der Waals surface area (Å²) in [5.74, 6) is -0.746. The van der Waals surface area contributed by atoms with Gasteiger partial charge >= 0.3 is 154 Å². The monoisotopic (exact) mass is 542 g/mol. The van der Waals surface area contributed by atoms with Crippen LogP contribution in [0.2, 0.25) is 0 Å². The predicted molar refractivity (Wildman–Crippen MR) is 86.9 cm³/mol. The van der Waals surface area contributed by atoms with Gasteiger partial charge in [0.1, 0.15) is 0 Å². The second kappa shape index (κ2) is 8.51. The number of nitrogens with zero attached hydrogens (tertiary/aromatic N) is 1. The average molecular weight is 541 g/mol. The number of hydrogen-bond donors (Lipinski definition) is 1. The van der Waals surface area contributed by atoms with Crippen LogP contribution in [-0.4, -0.2) is 34.2 Å². The van der Waals surface area contributed by atoms with Gasteiger partial charge in [0.05, 0.1) is 0 Å². The minimum absolute atomic E-state index is 0.158. The topological polar surface area (TPSA) is 72.6 Å². The molecular formula is C15H17ClHgN2O3S. The third-order valence-electron chi connectivity index (χ3n) is 3.55. The molecule has 120 valence electrons. The number of carbonyl (C=O) groups is 2. The van der Waals surface area contributed by atoms with Crippen LogP contribution < -0.4 is 5.73 Å². The number of benzene rings is 1. The van der Waals surface area contributed by atoms with Crippen LogP contribution >= 0.6 is 16.5 Å². The van der Waals surface area contributed by atoms with E-state index < -0.39 is 39.9 Å². The van der Waals surface area contributed by atoms with Crippen LogP contribution in [0.5, 0.6) is 0 Å². The maximum atomic E-state index is 12.5. The van der Waals surface area contributed by atoms with Crippen molar-refractivity contribution in [2.75, 3.05) is 0 Å². The van der Waals surface area contributed by atoms with Gasteiger partial charge in [0.2, 0.25) is 0 Å². The molecule has 8 heteroatoms. The summed E-state index contributed by atoms with van der Waals surface area (Å²) in [7, 11) is 7.48. The van der Waals surface area contributed by atoms with Gasteiger partial charge < -0.3 is 0 Å². The molecule has 2 rings (SSSR count). The summed E-state index contributed by atoms with van der Waals surface area (Å²) in [5, 5.41) is -0.243. The molecule has 1 heterocycles. The van der Waals surface area contributed by atoms with Crippen molar-refractivity contribution in [1.82, 2.24) is 4.90 Å². The summed E-state index contributed by atoms with van der Waals surface area (Å²) in [5.41, 5.74) is 7.27. The van der Waals surface area contributed by atoms with Crippen molar-refractivity contribution in [1.29, 1.82) is 0 Å². The Morgan fingerprint density at radius 2 is 2.17 bits per heavy atom. The van der Waals surface area contributed by atoms with Gasteiger partial charge in [0.15, 0.2) is 0 Å². The number of rotatable bonds is 7. The fourth-order valence-electron chi connectivity index (χ4n) is 2.39. The van der Waals surface area contributed by atoms with Gasteiger partial charge in [-0.1, -0.05) is 0 Å². The molecule has 1 aliphatic rings. The Hall–Kier alpha value is -0.565. The van der Waals surface area contributed by atoms with Gasteiger partial charge in [-0.3, -0.25) is 0 Å². The van der Waals surface area contributed by atoms with E-state index >= 15 is 0 Å². The summed E-state index contributed by atoms with van der Waals surface area (Å²) < 4.78 is 5.36. The van der Waals surface area contributed by atoms with Crippen LogP contribution in [0.1, 0.15) is 12.5 Å². The van der Waals surface area contributed by atoms with Crippen LogP contribution in [0.15, 0.2) is 42.5 Å². The molecule has 0 aliphatic carbocycles. The molecule has 1 saturated heterocycles. The molecule has 0 radical (unpaired) electrons. The first-order chi connectivity index (χ1) is 11.0. The molecule has 23 heavy (non-hydrogen) atoms. The van der Waals surface area contributed by atoms with Crippen LogP contribution in [0.4, 0.5) is 0 Å². The molecule has 0 aromatic heterocycles. The van der Waals surface area contributed by atoms with Crippen molar-refractivity contribution in [3.63, 3.8) is 0 Å². The Labute approximate surface area is 153 Å². The van der Waals surface area contributed by atoms with E-state index in [4.69, 9.17) is 18.7 Å².